The van der Waals surface area contributed by atoms with Crippen LogP contribution in [0.1, 0.15) is 11.1 Å². The van der Waals surface area contributed by atoms with Crippen LogP contribution in [0, 0.1) is 13.8 Å². The Bertz CT molecular complexity index is 987. The fraction of sp³-hybridized carbons (Fsp3) is 0.286. The normalized spacial score (nSPS) is 10.6. The smallest absolute Gasteiger partial charge is 0.330 e. The van der Waals surface area contributed by atoms with E-state index in [1.807, 2.05) is 62.4 Å². The van der Waals surface area contributed by atoms with Gasteiger partial charge in [-0.3, -0.25) is 4.79 Å². The summed E-state index contributed by atoms with van der Waals surface area (Å²) in [6, 6.07) is 15.9. The van der Waals surface area contributed by atoms with E-state index in [0.29, 0.717) is 12.4 Å². The number of ether oxygens (including phenoxy) is 1. The SMILES string of the molecule is Cc1ccc(SCCNC(=O)COC(=O)Cn2nnc(-c3ccc(C)cc3)n2)cc1. The van der Waals surface area contributed by atoms with Crippen LogP contribution >= 0.6 is 11.8 Å². The van der Waals surface area contributed by atoms with Crippen LogP contribution in [0.25, 0.3) is 11.4 Å². The fourth-order valence-electron chi connectivity index (χ4n) is 2.48. The monoisotopic (exact) mass is 425 g/mol. The largest absolute Gasteiger partial charge is 0.454 e. The number of amides is 1. The minimum Gasteiger partial charge on any atom is -0.454 e. The molecule has 0 atom stereocenters. The Kier molecular flexibility index (Phi) is 7.56. The van der Waals surface area contributed by atoms with Crippen molar-refractivity contribution < 1.29 is 14.3 Å². The molecule has 0 aliphatic carbocycles. The third-order valence-electron chi connectivity index (χ3n) is 4.11. The zero-order chi connectivity index (χ0) is 21.3. The third-order valence-corrected chi connectivity index (χ3v) is 5.13. The van der Waals surface area contributed by atoms with Crippen molar-refractivity contribution in [2.24, 2.45) is 0 Å². The lowest BCUT2D eigenvalue weighted by Gasteiger charge is -2.06. The molecule has 0 aliphatic heterocycles. The van der Waals surface area contributed by atoms with E-state index >= 15 is 0 Å². The van der Waals surface area contributed by atoms with E-state index in [0.717, 1.165) is 26.6 Å². The molecule has 1 aromatic heterocycles. The summed E-state index contributed by atoms with van der Waals surface area (Å²) in [6.07, 6.45) is 0. The molecule has 0 unspecified atom stereocenters. The van der Waals surface area contributed by atoms with Crippen molar-refractivity contribution in [3.8, 4) is 11.4 Å². The highest BCUT2D eigenvalue weighted by atomic mass is 32.2. The molecular weight excluding hydrogens is 402 g/mol. The average molecular weight is 426 g/mol. The van der Waals surface area contributed by atoms with Crippen molar-refractivity contribution in [2.75, 3.05) is 18.9 Å². The van der Waals surface area contributed by atoms with E-state index in [4.69, 9.17) is 4.74 Å². The first-order chi connectivity index (χ1) is 14.5. The number of aryl methyl sites for hydroxylation is 2. The van der Waals surface area contributed by atoms with E-state index in [1.54, 1.807) is 11.8 Å². The van der Waals surface area contributed by atoms with Gasteiger partial charge in [-0.1, -0.05) is 47.5 Å². The van der Waals surface area contributed by atoms with Crippen LogP contribution in [0.4, 0.5) is 0 Å². The van der Waals surface area contributed by atoms with E-state index in [1.165, 1.54) is 5.56 Å². The standard InChI is InChI=1S/C21H23N5O3S/c1-15-3-7-17(8-4-15)21-23-25-26(24-21)13-20(28)29-14-19(27)22-11-12-30-18-9-5-16(2)6-10-18/h3-10H,11-14H2,1-2H3,(H,22,27). The van der Waals surface area contributed by atoms with Gasteiger partial charge in [-0.15, -0.1) is 22.0 Å². The molecule has 9 heteroatoms. The van der Waals surface area contributed by atoms with Gasteiger partial charge in [0.2, 0.25) is 5.82 Å². The van der Waals surface area contributed by atoms with Gasteiger partial charge >= 0.3 is 5.97 Å². The molecule has 0 bridgehead atoms. The van der Waals surface area contributed by atoms with Crippen molar-refractivity contribution in [3.63, 3.8) is 0 Å². The Morgan fingerprint density at radius 3 is 2.40 bits per heavy atom. The summed E-state index contributed by atoms with van der Waals surface area (Å²) in [5.41, 5.74) is 3.15. The van der Waals surface area contributed by atoms with Gasteiger partial charge in [-0.25, -0.2) is 4.79 Å². The molecule has 0 radical (unpaired) electrons. The van der Waals surface area contributed by atoms with Crippen molar-refractivity contribution >= 4 is 23.6 Å². The number of thioether (sulfide) groups is 1. The second kappa shape index (κ2) is 10.5. The molecule has 0 spiro atoms. The molecule has 1 N–H and O–H groups in total. The number of nitrogens with zero attached hydrogens (tertiary/aromatic N) is 4. The van der Waals surface area contributed by atoms with E-state index in [2.05, 4.69) is 20.7 Å². The summed E-state index contributed by atoms with van der Waals surface area (Å²) >= 11 is 1.65. The number of tetrazole rings is 1. The lowest BCUT2D eigenvalue weighted by atomic mass is 10.1. The third kappa shape index (κ3) is 6.70. The van der Waals surface area contributed by atoms with Crippen LogP contribution in [-0.2, 0) is 20.9 Å². The molecule has 2 aromatic carbocycles. The second-order valence-corrected chi connectivity index (χ2v) is 7.85. The molecule has 30 heavy (non-hydrogen) atoms. The van der Waals surface area contributed by atoms with E-state index < -0.39 is 5.97 Å². The topological polar surface area (TPSA) is 99.0 Å². The zero-order valence-corrected chi connectivity index (χ0v) is 17.7. The molecule has 0 aliphatic rings. The quantitative estimate of drug-likeness (QED) is 0.319. The molecule has 0 saturated carbocycles. The summed E-state index contributed by atoms with van der Waals surface area (Å²) < 4.78 is 4.98. The minimum atomic E-state index is -0.605. The molecule has 3 aromatic rings. The number of hydrogen-bond donors (Lipinski definition) is 1. The highest BCUT2D eigenvalue weighted by Gasteiger charge is 2.12. The first-order valence-electron chi connectivity index (χ1n) is 9.46. The molecule has 3 rings (SSSR count). The van der Waals surface area contributed by atoms with E-state index in [-0.39, 0.29) is 19.1 Å². The van der Waals surface area contributed by atoms with Crippen LogP contribution in [-0.4, -0.2) is 51.0 Å². The Hall–Kier alpha value is -3.20. The maximum absolute atomic E-state index is 11.9. The predicted octanol–water partition coefficient (Wildman–Crippen LogP) is 2.41. The second-order valence-electron chi connectivity index (χ2n) is 6.68. The van der Waals surface area contributed by atoms with Crippen molar-refractivity contribution in [1.82, 2.24) is 25.5 Å². The molecule has 8 nitrogen and oxygen atoms in total. The summed E-state index contributed by atoms with van der Waals surface area (Å²) in [7, 11) is 0. The molecule has 156 valence electrons. The van der Waals surface area contributed by atoms with Gasteiger partial charge in [-0.05, 0) is 31.2 Å². The van der Waals surface area contributed by atoms with Crippen molar-refractivity contribution in [3.05, 3.63) is 59.7 Å². The van der Waals surface area contributed by atoms with Crippen LogP contribution in [0.15, 0.2) is 53.4 Å². The Labute approximate surface area is 179 Å². The number of carbonyl (C=O) groups excluding carboxylic acids is 2. The van der Waals surface area contributed by atoms with Gasteiger partial charge in [0.15, 0.2) is 13.2 Å². The van der Waals surface area contributed by atoms with Crippen LogP contribution in [0.5, 0.6) is 0 Å². The zero-order valence-electron chi connectivity index (χ0n) is 16.9. The Morgan fingerprint density at radius 2 is 1.70 bits per heavy atom. The van der Waals surface area contributed by atoms with Gasteiger partial charge in [-0.2, -0.15) is 4.80 Å². The lowest BCUT2D eigenvalue weighted by Crippen LogP contribution is -2.31. The first-order valence-corrected chi connectivity index (χ1v) is 10.4. The van der Waals surface area contributed by atoms with Crippen LogP contribution in [0.3, 0.4) is 0 Å². The lowest BCUT2D eigenvalue weighted by molar-refractivity contribution is -0.149. The van der Waals surface area contributed by atoms with Gasteiger partial charge in [0.1, 0.15) is 0 Å². The summed E-state index contributed by atoms with van der Waals surface area (Å²) in [5.74, 6) is 0.200. The van der Waals surface area contributed by atoms with E-state index in [9.17, 15) is 9.59 Å². The summed E-state index contributed by atoms with van der Waals surface area (Å²) in [5, 5.41) is 14.7. The van der Waals surface area contributed by atoms with Crippen molar-refractivity contribution in [2.45, 2.75) is 25.3 Å². The van der Waals surface area contributed by atoms with Gasteiger partial charge in [0.05, 0.1) is 0 Å². The number of nitrogens with one attached hydrogen (secondary N) is 1. The molecule has 0 saturated heterocycles. The molecular formula is C21H23N5O3S. The van der Waals surface area contributed by atoms with Crippen LogP contribution in [0.2, 0.25) is 0 Å². The highest BCUT2D eigenvalue weighted by molar-refractivity contribution is 7.99. The number of rotatable bonds is 9. The number of esters is 1. The van der Waals surface area contributed by atoms with Crippen LogP contribution < -0.4 is 5.32 Å². The molecule has 0 fully saturated rings. The number of benzene rings is 2. The maximum atomic E-state index is 11.9. The average Bonchev–Trinajstić information content (AvgIpc) is 3.20. The maximum Gasteiger partial charge on any atom is 0.330 e. The fourth-order valence-corrected chi connectivity index (χ4v) is 3.25. The Balaban J connectivity index is 1.34. The summed E-state index contributed by atoms with van der Waals surface area (Å²) in [6.45, 7) is 3.96. The predicted molar refractivity (Wildman–Crippen MR) is 114 cm³/mol. The van der Waals surface area contributed by atoms with Gasteiger partial charge in [0, 0.05) is 22.8 Å². The summed E-state index contributed by atoms with van der Waals surface area (Å²) in [4.78, 5) is 26.0. The number of carbonyl (C=O) groups is 2. The molecule has 1 heterocycles. The van der Waals surface area contributed by atoms with Gasteiger partial charge < -0.3 is 10.1 Å². The minimum absolute atomic E-state index is 0.213. The van der Waals surface area contributed by atoms with Gasteiger partial charge in [0.25, 0.3) is 5.91 Å². The Morgan fingerprint density at radius 1 is 1.03 bits per heavy atom. The number of hydrogen-bond acceptors (Lipinski definition) is 7. The molecule has 1 amide bonds. The first kappa shape index (κ1) is 21.5. The highest BCUT2D eigenvalue weighted by Crippen LogP contribution is 2.17. The number of aromatic nitrogens is 4. The van der Waals surface area contributed by atoms with Crippen molar-refractivity contribution in [1.29, 1.82) is 0 Å².